The second kappa shape index (κ2) is 5.21. The molecule has 16 heavy (non-hydrogen) atoms. The molecule has 90 valence electrons. The largest absolute Gasteiger partial charge is 0.494 e. The van der Waals surface area contributed by atoms with Crippen molar-refractivity contribution in [3.8, 4) is 0 Å². The SMILES string of the molecule is CCCN(C(=O)C1=COCCO1)C1CNC1. The van der Waals surface area contributed by atoms with Gasteiger partial charge in [0.2, 0.25) is 5.76 Å². The number of carbonyl (C=O) groups is 1. The van der Waals surface area contributed by atoms with E-state index in [0.29, 0.717) is 25.0 Å². The minimum Gasteiger partial charge on any atom is -0.494 e. The lowest BCUT2D eigenvalue weighted by molar-refractivity contribution is -0.135. The van der Waals surface area contributed by atoms with Crippen LogP contribution in [0.25, 0.3) is 0 Å². The van der Waals surface area contributed by atoms with Gasteiger partial charge in [-0.15, -0.1) is 0 Å². The molecule has 1 amide bonds. The molecule has 2 aliphatic rings. The van der Waals surface area contributed by atoms with E-state index in [1.54, 1.807) is 0 Å². The van der Waals surface area contributed by atoms with Crippen LogP contribution in [0.4, 0.5) is 0 Å². The van der Waals surface area contributed by atoms with Crippen molar-refractivity contribution in [1.82, 2.24) is 10.2 Å². The third kappa shape index (κ3) is 2.29. The van der Waals surface area contributed by atoms with Crippen LogP contribution in [0.1, 0.15) is 13.3 Å². The Morgan fingerprint density at radius 2 is 2.38 bits per heavy atom. The third-order valence-electron chi connectivity index (χ3n) is 2.79. The summed E-state index contributed by atoms with van der Waals surface area (Å²) >= 11 is 0. The average Bonchev–Trinajstić information content (AvgIpc) is 2.26. The zero-order valence-electron chi connectivity index (χ0n) is 9.57. The maximum atomic E-state index is 12.1. The highest BCUT2D eigenvalue weighted by atomic mass is 16.6. The van der Waals surface area contributed by atoms with Crippen molar-refractivity contribution in [3.05, 3.63) is 12.0 Å². The first kappa shape index (κ1) is 11.3. The summed E-state index contributed by atoms with van der Waals surface area (Å²) in [6.07, 6.45) is 2.39. The normalized spacial score (nSPS) is 20.2. The third-order valence-corrected chi connectivity index (χ3v) is 2.79. The van der Waals surface area contributed by atoms with Crippen molar-refractivity contribution in [3.63, 3.8) is 0 Å². The second-order valence-corrected chi connectivity index (χ2v) is 4.01. The lowest BCUT2D eigenvalue weighted by Crippen LogP contribution is -2.59. The Bertz CT molecular complexity index is 287. The van der Waals surface area contributed by atoms with Crippen molar-refractivity contribution < 1.29 is 14.3 Å². The van der Waals surface area contributed by atoms with Gasteiger partial charge < -0.3 is 19.7 Å². The molecule has 1 saturated heterocycles. The van der Waals surface area contributed by atoms with Crippen LogP contribution in [-0.4, -0.2) is 49.7 Å². The molecule has 0 atom stereocenters. The first-order valence-electron chi connectivity index (χ1n) is 5.79. The molecule has 0 bridgehead atoms. The molecule has 0 spiro atoms. The zero-order chi connectivity index (χ0) is 11.4. The molecule has 2 rings (SSSR count). The van der Waals surface area contributed by atoms with Gasteiger partial charge in [0.05, 0.1) is 6.04 Å². The fourth-order valence-electron chi connectivity index (χ4n) is 1.81. The van der Waals surface area contributed by atoms with E-state index in [0.717, 1.165) is 26.1 Å². The number of nitrogens with zero attached hydrogens (tertiary/aromatic N) is 1. The minimum atomic E-state index is -0.0481. The van der Waals surface area contributed by atoms with Crippen molar-refractivity contribution in [2.45, 2.75) is 19.4 Å². The maximum absolute atomic E-state index is 12.1. The summed E-state index contributed by atoms with van der Waals surface area (Å²) in [6, 6.07) is 0.305. The van der Waals surface area contributed by atoms with E-state index in [4.69, 9.17) is 9.47 Å². The maximum Gasteiger partial charge on any atom is 0.292 e. The van der Waals surface area contributed by atoms with Gasteiger partial charge in [-0.1, -0.05) is 6.92 Å². The zero-order valence-corrected chi connectivity index (χ0v) is 9.57. The minimum absolute atomic E-state index is 0.0481. The van der Waals surface area contributed by atoms with Crippen molar-refractivity contribution in [2.24, 2.45) is 0 Å². The molecule has 5 heteroatoms. The number of ether oxygens (including phenoxy) is 2. The predicted molar refractivity (Wildman–Crippen MR) is 58.6 cm³/mol. The summed E-state index contributed by atoms with van der Waals surface area (Å²) < 4.78 is 10.4. The van der Waals surface area contributed by atoms with Gasteiger partial charge in [0.25, 0.3) is 5.91 Å². The molecule has 2 aliphatic heterocycles. The van der Waals surface area contributed by atoms with Crippen molar-refractivity contribution in [1.29, 1.82) is 0 Å². The number of nitrogens with one attached hydrogen (secondary N) is 1. The summed E-state index contributed by atoms with van der Waals surface area (Å²) in [6.45, 7) is 5.57. The molecule has 0 aromatic carbocycles. The van der Waals surface area contributed by atoms with Crippen LogP contribution < -0.4 is 5.32 Å². The Kier molecular flexibility index (Phi) is 3.66. The van der Waals surface area contributed by atoms with Crippen LogP contribution in [0.5, 0.6) is 0 Å². The summed E-state index contributed by atoms with van der Waals surface area (Å²) in [5, 5.41) is 3.17. The topological polar surface area (TPSA) is 50.8 Å². The number of rotatable bonds is 4. The van der Waals surface area contributed by atoms with Crippen LogP contribution in [0.3, 0.4) is 0 Å². The van der Waals surface area contributed by atoms with Crippen LogP contribution in [0.2, 0.25) is 0 Å². The number of amides is 1. The monoisotopic (exact) mass is 226 g/mol. The van der Waals surface area contributed by atoms with Gasteiger partial charge in [-0.2, -0.15) is 0 Å². The molecular formula is C11H18N2O3. The highest BCUT2D eigenvalue weighted by Gasteiger charge is 2.31. The molecule has 0 radical (unpaired) electrons. The predicted octanol–water partition coefficient (Wildman–Crippen LogP) is 0.0850. The fraction of sp³-hybridized carbons (Fsp3) is 0.727. The first-order chi connectivity index (χ1) is 7.83. The summed E-state index contributed by atoms with van der Waals surface area (Å²) in [4.78, 5) is 14.0. The number of carbonyl (C=O) groups excluding carboxylic acids is 1. The second-order valence-electron chi connectivity index (χ2n) is 4.01. The van der Waals surface area contributed by atoms with E-state index in [1.807, 2.05) is 4.90 Å². The van der Waals surface area contributed by atoms with Gasteiger partial charge in [-0.25, -0.2) is 0 Å². The average molecular weight is 226 g/mol. The Morgan fingerprint density at radius 3 is 2.88 bits per heavy atom. The molecule has 0 unspecified atom stereocenters. The van der Waals surface area contributed by atoms with Gasteiger partial charge in [0.1, 0.15) is 19.5 Å². The van der Waals surface area contributed by atoms with E-state index in [-0.39, 0.29) is 5.91 Å². The van der Waals surface area contributed by atoms with Crippen molar-refractivity contribution in [2.75, 3.05) is 32.8 Å². The van der Waals surface area contributed by atoms with E-state index in [1.165, 1.54) is 6.26 Å². The number of hydrogen-bond acceptors (Lipinski definition) is 4. The molecule has 2 heterocycles. The highest BCUT2D eigenvalue weighted by molar-refractivity contribution is 5.91. The Balaban J connectivity index is 2.00. The van der Waals surface area contributed by atoms with Crippen LogP contribution in [0.15, 0.2) is 12.0 Å². The first-order valence-corrected chi connectivity index (χ1v) is 5.79. The molecule has 0 aromatic heterocycles. The van der Waals surface area contributed by atoms with Crippen LogP contribution in [0, 0.1) is 0 Å². The highest BCUT2D eigenvalue weighted by Crippen LogP contribution is 2.14. The van der Waals surface area contributed by atoms with Gasteiger partial charge in [0.15, 0.2) is 0 Å². The van der Waals surface area contributed by atoms with Gasteiger partial charge in [-0.05, 0) is 6.42 Å². The van der Waals surface area contributed by atoms with Crippen molar-refractivity contribution >= 4 is 5.91 Å². The lowest BCUT2D eigenvalue weighted by Gasteiger charge is -2.38. The summed E-state index contributed by atoms with van der Waals surface area (Å²) in [5.74, 6) is 0.291. The van der Waals surface area contributed by atoms with Gasteiger partial charge in [-0.3, -0.25) is 4.79 Å². The molecule has 1 N–H and O–H groups in total. The van der Waals surface area contributed by atoms with E-state index < -0.39 is 0 Å². The molecule has 0 aliphatic carbocycles. The molecule has 1 fully saturated rings. The van der Waals surface area contributed by atoms with Gasteiger partial charge in [0, 0.05) is 19.6 Å². The summed E-state index contributed by atoms with van der Waals surface area (Å²) in [5.41, 5.74) is 0. The quantitative estimate of drug-likeness (QED) is 0.738. The smallest absolute Gasteiger partial charge is 0.292 e. The lowest BCUT2D eigenvalue weighted by atomic mass is 10.1. The molecule has 5 nitrogen and oxygen atoms in total. The van der Waals surface area contributed by atoms with Gasteiger partial charge >= 0.3 is 0 Å². The van der Waals surface area contributed by atoms with Crippen LogP contribution >= 0.6 is 0 Å². The van der Waals surface area contributed by atoms with E-state index >= 15 is 0 Å². The Labute approximate surface area is 95.4 Å². The fourth-order valence-corrected chi connectivity index (χ4v) is 1.81. The Hall–Kier alpha value is -1.23. The van der Waals surface area contributed by atoms with E-state index in [9.17, 15) is 4.79 Å². The van der Waals surface area contributed by atoms with Crippen LogP contribution in [-0.2, 0) is 14.3 Å². The van der Waals surface area contributed by atoms with E-state index in [2.05, 4.69) is 12.2 Å². The summed E-state index contributed by atoms with van der Waals surface area (Å²) in [7, 11) is 0. The Morgan fingerprint density at radius 1 is 1.56 bits per heavy atom. The standard InChI is InChI=1S/C11H18N2O3/c1-2-3-13(9-6-12-7-9)11(14)10-8-15-4-5-16-10/h8-9,12H,2-7H2,1H3. The molecular weight excluding hydrogens is 208 g/mol. The molecule has 0 aromatic rings. The molecule has 0 saturated carbocycles. The number of hydrogen-bond donors (Lipinski definition) is 1.